The van der Waals surface area contributed by atoms with Crippen LogP contribution in [0, 0.1) is 12.8 Å². The van der Waals surface area contributed by atoms with Crippen molar-refractivity contribution in [1.82, 2.24) is 10.5 Å². The summed E-state index contributed by atoms with van der Waals surface area (Å²) in [4.78, 5) is 11.5. The fourth-order valence-electron chi connectivity index (χ4n) is 1.09. The Morgan fingerprint density at radius 3 is 2.69 bits per heavy atom. The standard InChI is InChI=1S/C10H17N3O2.ClH/c1-6(2)9(11)10(14)12-5-8-4-7(3)13-15-8;/h4,6,9H,5,11H2,1-3H3,(H,12,14);1H. The van der Waals surface area contributed by atoms with E-state index in [2.05, 4.69) is 10.5 Å². The molecular weight excluding hydrogens is 230 g/mol. The van der Waals surface area contributed by atoms with Crippen LogP contribution in [0.15, 0.2) is 10.6 Å². The maximum Gasteiger partial charge on any atom is 0.237 e. The molecule has 3 N–H and O–H groups in total. The number of halogens is 1. The summed E-state index contributed by atoms with van der Waals surface area (Å²) in [6, 6.07) is 1.30. The number of hydrogen-bond acceptors (Lipinski definition) is 4. The van der Waals surface area contributed by atoms with E-state index < -0.39 is 6.04 Å². The van der Waals surface area contributed by atoms with E-state index in [-0.39, 0.29) is 24.2 Å². The molecule has 1 aromatic heterocycles. The highest BCUT2D eigenvalue weighted by Gasteiger charge is 2.16. The lowest BCUT2D eigenvalue weighted by molar-refractivity contribution is -0.123. The van der Waals surface area contributed by atoms with E-state index in [4.69, 9.17) is 10.3 Å². The third kappa shape index (κ3) is 4.20. The van der Waals surface area contributed by atoms with Crippen LogP contribution in [0.3, 0.4) is 0 Å². The monoisotopic (exact) mass is 247 g/mol. The fourth-order valence-corrected chi connectivity index (χ4v) is 1.09. The van der Waals surface area contributed by atoms with Crippen molar-refractivity contribution in [3.05, 3.63) is 17.5 Å². The summed E-state index contributed by atoms with van der Waals surface area (Å²) in [5.41, 5.74) is 6.47. The van der Waals surface area contributed by atoms with E-state index in [1.54, 1.807) is 6.07 Å². The van der Waals surface area contributed by atoms with Gasteiger partial charge in [0, 0.05) is 6.07 Å². The van der Waals surface area contributed by atoms with Gasteiger partial charge in [-0.05, 0) is 12.8 Å². The van der Waals surface area contributed by atoms with Gasteiger partial charge in [-0.2, -0.15) is 0 Å². The zero-order valence-electron chi connectivity index (χ0n) is 9.69. The SMILES string of the molecule is Cc1cc(CNC(=O)C(N)C(C)C)on1.Cl. The van der Waals surface area contributed by atoms with E-state index in [9.17, 15) is 4.79 Å². The van der Waals surface area contributed by atoms with Crippen LogP contribution in [0.1, 0.15) is 25.3 Å². The van der Waals surface area contributed by atoms with Crippen molar-refractivity contribution in [1.29, 1.82) is 0 Å². The van der Waals surface area contributed by atoms with Gasteiger partial charge in [-0.1, -0.05) is 19.0 Å². The van der Waals surface area contributed by atoms with Crippen LogP contribution in [0.4, 0.5) is 0 Å². The van der Waals surface area contributed by atoms with Crippen LogP contribution in [0.2, 0.25) is 0 Å². The predicted molar refractivity (Wildman–Crippen MR) is 63.1 cm³/mol. The number of rotatable bonds is 4. The van der Waals surface area contributed by atoms with E-state index in [1.165, 1.54) is 0 Å². The molecule has 1 aromatic rings. The van der Waals surface area contributed by atoms with Gasteiger partial charge in [0.2, 0.25) is 5.91 Å². The van der Waals surface area contributed by atoms with Crippen LogP contribution < -0.4 is 11.1 Å². The molecule has 1 amide bonds. The molecule has 6 heteroatoms. The second-order valence-electron chi connectivity index (χ2n) is 3.92. The van der Waals surface area contributed by atoms with Gasteiger partial charge in [-0.25, -0.2) is 0 Å². The molecule has 1 atom stereocenters. The second-order valence-corrected chi connectivity index (χ2v) is 3.92. The number of carbonyl (C=O) groups is 1. The highest BCUT2D eigenvalue weighted by molar-refractivity contribution is 5.85. The molecule has 0 aromatic carbocycles. The Morgan fingerprint density at radius 2 is 2.25 bits per heavy atom. The first kappa shape index (κ1) is 14.9. The van der Waals surface area contributed by atoms with Crippen LogP contribution in [-0.4, -0.2) is 17.1 Å². The number of hydrogen-bond donors (Lipinski definition) is 2. The number of aromatic nitrogens is 1. The fraction of sp³-hybridized carbons (Fsp3) is 0.600. The van der Waals surface area contributed by atoms with Gasteiger partial charge in [-0.3, -0.25) is 4.79 Å². The van der Waals surface area contributed by atoms with Crippen molar-refractivity contribution in [3.63, 3.8) is 0 Å². The molecular formula is C10H18ClN3O2. The Hall–Kier alpha value is -1.07. The Bertz CT molecular complexity index is 339. The number of aryl methyl sites for hydroxylation is 1. The van der Waals surface area contributed by atoms with Gasteiger partial charge in [0.25, 0.3) is 0 Å². The van der Waals surface area contributed by atoms with E-state index >= 15 is 0 Å². The summed E-state index contributed by atoms with van der Waals surface area (Å²) >= 11 is 0. The van der Waals surface area contributed by atoms with Crippen molar-refractivity contribution < 1.29 is 9.32 Å². The van der Waals surface area contributed by atoms with Gasteiger partial charge in [0.1, 0.15) is 0 Å². The lowest BCUT2D eigenvalue weighted by Crippen LogP contribution is -2.43. The van der Waals surface area contributed by atoms with Crippen LogP contribution >= 0.6 is 12.4 Å². The van der Waals surface area contributed by atoms with Gasteiger partial charge >= 0.3 is 0 Å². The lowest BCUT2D eigenvalue weighted by atomic mass is 10.1. The number of nitrogens with two attached hydrogens (primary N) is 1. The molecule has 0 radical (unpaired) electrons. The Morgan fingerprint density at radius 1 is 1.62 bits per heavy atom. The molecule has 1 heterocycles. The average molecular weight is 248 g/mol. The predicted octanol–water partition coefficient (Wildman–Crippen LogP) is 1.00. The van der Waals surface area contributed by atoms with E-state index in [0.29, 0.717) is 12.3 Å². The summed E-state index contributed by atoms with van der Waals surface area (Å²) in [6.07, 6.45) is 0. The minimum atomic E-state index is -0.478. The van der Waals surface area contributed by atoms with Crippen LogP contribution in [0.25, 0.3) is 0 Å². The largest absolute Gasteiger partial charge is 0.359 e. The normalized spacial score (nSPS) is 12.1. The molecule has 0 aliphatic rings. The smallest absolute Gasteiger partial charge is 0.237 e. The summed E-state index contributed by atoms with van der Waals surface area (Å²) in [5.74, 6) is 0.595. The molecule has 0 aliphatic heterocycles. The molecule has 1 unspecified atom stereocenters. The minimum Gasteiger partial charge on any atom is -0.359 e. The molecule has 0 aliphatic carbocycles. The first-order chi connectivity index (χ1) is 7.00. The van der Waals surface area contributed by atoms with Gasteiger partial charge in [0.15, 0.2) is 5.76 Å². The molecule has 5 nitrogen and oxygen atoms in total. The highest BCUT2D eigenvalue weighted by Crippen LogP contribution is 2.02. The van der Waals surface area contributed by atoms with Gasteiger partial charge < -0.3 is 15.6 Å². The van der Waals surface area contributed by atoms with E-state index in [0.717, 1.165) is 5.69 Å². The quantitative estimate of drug-likeness (QED) is 0.832. The molecule has 0 saturated carbocycles. The van der Waals surface area contributed by atoms with Gasteiger partial charge in [-0.15, -0.1) is 12.4 Å². The topological polar surface area (TPSA) is 81.2 Å². The van der Waals surface area contributed by atoms with Gasteiger partial charge in [0.05, 0.1) is 18.3 Å². The Labute approximate surface area is 101 Å². The first-order valence-electron chi connectivity index (χ1n) is 4.96. The second kappa shape index (κ2) is 6.50. The highest BCUT2D eigenvalue weighted by atomic mass is 35.5. The third-order valence-electron chi connectivity index (χ3n) is 2.13. The zero-order chi connectivity index (χ0) is 11.4. The zero-order valence-corrected chi connectivity index (χ0v) is 10.5. The maximum atomic E-state index is 11.5. The first-order valence-corrected chi connectivity index (χ1v) is 4.96. The third-order valence-corrected chi connectivity index (χ3v) is 2.13. The number of carbonyl (C=O) groups excluding carboxylic acids is 1. The average Bonchev–Trinajstić information content (AvgIpc) is 2.59. The molecule has 1 rings (SSSR count). The molecule has 16 heavy (non-hydrogen) atoms. The molecule has 0 bridgehead atoms. The molecule has 0 saturated heterocycles. The Kier molecular flexibility index (Phi) is 6.06. The number of nitrogens with zero attached hydrogens (tertiary/aromatic N) is 1. The van der Waals surface area contributed by atoms with Crippen molar-refractivity contribution in [2.45, 2.75) is 33.4 Å². The van der Waals surface area contributed by atoms with Crippen molar-refractivity contribution in [3.8, 4) is 0 Å². The van der Waals surface area contributed by atoms with E-state index in [1.807, 2.05) is 20.8 Å². The Balaban J connectivity index is 0.00000225. The van der Waals surface area contributed by atoms with Crippen LogP contribution in [-0.2, 0) is 11.3 Å². The number of amides is 1. The summed E-state index contributed by atoms with van der Waals surface area (Å²) < 4.78 is 4.95. The van der Waals surface area contributed by atoms with Crippen molar-refractivity contribution in [2.24, 2.45) is 11.7 Å². The summed E-state index contributed by atoms with van der Waals surface area (Å²) in [7, 11) is 0. The molecule has 0 spiro atoms. The maximum absolute atomic E-state index is 11.5. The summed E-state index contributed by atoms with van der Waals surface area (Å²) in [6.45, 7) is 5.97. The molecule has 0 fully saturated rings. The summed E-state index contributed by atoms with van der Waals surface area (Å²) in [5, 5.41) is 6.41. The number of nitrogens with one attached hydrogen (secondary N) is 1. The van der Waals surface area contributed by atoms with Crippen molar-refractivity contribution >= 4 is 18.3 Å². The minimum absolute atomic E-state index is 0. The van der Waals surface area contributed by atoms with Crippen LogP contribution in [0.5, 0.6) is 0 Å². The lowest BCUT2D eigenvalue weighted by Gasteiger charge is -2.14. The molecule has 92 valence electrons. The van der Waals surface area contributed by atoms with Crippen molar-refractivity contribution in [2.75, 3.05) is 0 Å².